The van der Waals surface area contributed by atoms with Gasteiger partial charge in [0.25, 0.3) is 0 Å². The molecule has 2 aromatic rings. The lowest BCUT2D eigenvalue weighted by molar-refractivity contribution is 0.285. The third kappa shape index (κ3) is 3.79. The predicted molar refractivity (Wildman–Crippen MR) is 71.7 cm³/mol. The molecule has 0 radical (unpaired) electrons. The molecule has 1 heterocycles. The zero-order valence-electron chi connectivity index (χ0n) is 11.3. The molecule has 0 aliphatic carbocycles. The van der Waals surface area contributed by atoms with Crippen LogP contribution in [0.4, 0.5) is 0 Å². The molecule has 0 saturated heterocycles. The average Bonchev–Trinajstić information content (AvgIpc) is 2.85. The van der Waals surface area contributed by atoms with Gasteiger partial charge in [-0.15, -0.1) is 0 Å². The molecule has 0 aliphatic rings. The smallest absolute Gasteiger partial charge is 0.226 e. The first-order valence-electron chi connectivity index (χ1n) is 6.49. The number of hydrogen-bond acceptors (Lipinski definition) is 5. The lowest BCUT2D eigenvalue weighted by Gasteiger charge is -2.07. The summed E-state index contributed by atoms with van der Waals surface area (Å²) in [5.74, 6) is 2.00. The van der Waals surface area contributed by atoms with E-state index in [1.807, 2.05) is 31.2 Å². The molecule has 0 saturated carbocycles. The van der Waals surface area contributed by atoms with Crippen molar-refractivity contribution >= 4 is 0 Å². The summed E-state index contributed by atoms with van der Waals surface area (Å²) in [6.45, 7) is 4.33. The minimum absolute atomic E-state index is 0.0304. The maximum Gasteiger partial charge on any atom is 0.226 e. The molecule has 1 unspecified atom stereocenters. The molecule has 2 N–H and O–H groups in total. The molecule has 102 valence electrons. The van der Waals surface area contributed by atoms with Crippen molar-refractivity contribution in [3.8, 4) is 5.75 Å². The number of aryl methyl sites for hydroxylation is 1. The first-order chi connectivity index (χ1) is 9.19. The first-order valence-corrected chi connectivity index (χ1v) is 6.49. The molecule has 1 aromatic heterocycles. The second-order valence-corrected chi connectivity index (χ2v) is 4.50. The summed E-state index contributed by atoms with van der Waals surface area (Å²) in [6.07, 6.45) is 1.79. The van der Waals surface area contributed by atoms with Crippen LogP contribution in [0.1, 0.15) is 43.6 Å². The van der Waals surface area contributed by atoms with Gasteiger partial charge in [0, 0.05) is 12.5 Å². The number of rotatable bonds is 6. The second-order valence-electron chi connectivity index (χ2n) is 4.50. The third-order valence-electron chi connectivity index (χ3n) is 2.75. The molecule has 0 bridgehead atoms. The molecule has 19 heavy (non-hydrogen) atoms. The Morgan fingerprint density at radius 2 is 2.05 bits per heavy atom. The zero-order valence-corrected chi connectivity index (χ0v) is 11.3. The van der Waals surface area contributed by atoms with Crippen molar-refractivity contribution in [2.24, 2.45) is 5.73 Å². The lowest BCUT2D eigenvalue weighted by atomic mass is 10.1. The Kier molecular flexibility index (Phi) is 4.52. The van der Waals surface area contributed by atoms with Crippen molar-refractivity contribution in [1.29, 1.82) is 0 Å². The van der Waals surface area contributed by atoms with Gasteiger partial charge < -0.3 is 15.0 Å². The number of aromatic nitrogens is 2. The van der Waals surface area contributed by atoms with Crippen molar-refractivity contribution in [2.75, 3.05) is 0 Å². The van der Waals surface area contributed by atoms with Gasteiger partial charge in [-0.2, -0.15) is 4.98 Å². The van der Waals surface area contributed by atoms with E-state index in [2.05, 4.69) is 17.1 Å². The fraction of sp³-hybridized carbons (Fsp3) is 0.429. The topological polar surface area (TPSA) is 74.2 Å². The van der Waals surface area contributed by atoms with Crippen LogP contribution in [0.2, 0.25) is 0 Å². The highest BCUT2D eigenvalue weighted by Gasteiger charge is 2.06. The minimum atomic E-state index is 0.0304. The fourth-order valence-electron chi connectivity index (χ4n) is 1.68. The van der Waals surface area contributed by atoms with Crippen LogP contribution in [0.15, 0.2) is 28.8 Å². The van der Waals surface area contributed by atoms with Crippen molar-refractivity contribution in [3.63, 3.8) is 0 Å². The zero-order chi connectivity index (χ0) is 13.7. The van der Waals surface area contributed by atoms with E-state index in [0.29, 0.717) is 18.3 Å². The first kappa shape index (κ1) is 13.5. The van der Waals surface area contributed by atoms with Crippen molar-refractivity contribution in [3.05, 3.63) is 41.5 Å². The predicted octanol–water partition coefficient (Wildman–Crippen LogP) is 2.62. The fourth-order valence-corrected chi connectivity index (χ4v) is 1.68. The number of nitrogens with two attached hydrogens (primary N) is 1. The highest BCUT2D eigenvalue weighted by atomic mass is 16.5. The van der Waals surface area contributed by atoms with Crippen LogP contribution in [-0.2, 0) is 13.0 Å². The van der Waals surface area contributed by atoms with Gasteiger partial charge in [-0.1, -0.05) is 24.2 Å². The van der Waals surface area contributed by atoms with E-state index in [1.165, 1.54) is 0 Å². The summed E-state index contributed by atoms with van der Waals surface area (Å²) in [6, 6.07) is 7.73. The molecule has 0 fully saturated rings. The van der Waals surface area contributed by atoms with Gasteiger partial charge in [0.15, 0.2) is 6.61 Å². The van der Waals surface area contributed by atoms with E-state index >= 15 is 0 Å². The Balaban J connectivity index is 1.90. The van der Waals surface area contributed by atoms with E-state index in [1.54, 1.807) is 0 Å². The van der Waals surface area contributed by atoms with Gasteiger partial charge in [0.2, 0.25) is 11.7 Å². The van der Waals surface area contributed by atoms with Gasteiger partial charge >= 0.3 is 0 Å². The molecule has 0 spiro atoms. The van der Waals surface area contributed by atoms with Crippen molar-refractivity contribution in [2.45, 2.75) is 39.3 Å². The maximum absolute atomic E-state index is 5.79. The molecule has 5 heteroatoms. The van der Waals surface area contributed by atoms with Crippen LogP contribution in [-0.4, -0.2) is 10.1 Å². The normalized spacial score (nSPS) is 12.4. The molecule has 2 rings (SSSR count). The number of ether oxygens (including phenoxy) is 1. The molecular formula is C14H19N3O2. The molecule has 5 nitrogen and oxygen atoms in total. The molecule has 1 atom stereocenters. The Bertz CT molecular complexity index is 506. The van der Waals surface area contributed by atoms with E-state index in [9.17, 15) is 0 Å². The highest BCUT2D eigenvalue weighted by Crippen LogP contribution is 2.16. The van der Waals surface area contributed by atoms with Gasteiger partial charge in [-0.3, -0.25) is 0 Å². The standard InChI is InChI=1S/C14H19N3O2/c1-3-4-14-16-13(17-19-14)9-18-12-7-5-11(6-8-12)10(2)15/h5-8,10H,3-4,9,15H2,1-2H3. The molecular weight excluding hydrogens is 242 g/mol. The Hall–Kier alpha value is -1.88. The maximum atomic E-state index is 5.79. The van der Waals surface area contributed by atoms with E-state index < -0.39 is 0 Å². The van der Waals surface area contributed by atoms with E-state index in [4.69, 9.17) is 15.0 Å². The molecule has 0 aliphatic heterocycles. The SMILES string of the molecule is CCCc1nc(COc2ccc(C(C)N)cc2)no1. The van der Waals surface area contributed by atoms with Gasteiger partial charge in [0.05, 0.1) is 0 Å². The summed E-state index contributed by atoms with van der Waals surface area (Å²) in [5, 5.41) is 3.86. The van der Waals surface area contributed by atoms with Crippen LogP contribution < -0.4 is 10.5 Å². The Morgan fingerprint density at radius 3 is 2.68 bits per heavy atom. The molecule has 1 aromatic carbocycles. The van der Waals surface area contributed by atoms with E-state index in [-0.39, 0.29) is 6.04 Å². The number of benzene rings is 1. The van der Waals surface area contributed by atoms with Crippen molar-refractivity contribution < 1.29 is 9.26 Å². The highest BCUT2D eigenvalue weighted by molar-refractivity contribution is 5.28. The number of hydrogen-bond donors (Lipinski definition) is 1. The summed E-state index contributed by atoms with van der Waals surface area (Å²) < 4.78 is 10.7. The van der Waals surface area contributed by atoms with Crippen LogP contribution in [0.3, 0.4) is 0 Å². The largest absolute Gasteiger partial charge is 0.485 e. The van der Waals surface area contributed by atoms with Gasteiger partial charge in [-0.05, 0) is 31.0 Å². The minimum Gasteiger partial charge on any atom is -0.485 e. The lowest BCUT2D eigenvalue weighted by Crippen LogP contribution is -2.04. The van der Waals surface area contributed by atoms with Gasteiger partial charge in [-0.25, -0.2) is 0 Å². The number of nitrogens with zero attached hydrogens (tertiary/aromatic N) is 2. The van der Waals surface area contributed by atoms with Crippen LogP contribution in [0, 0.1) is 0 Å². The monoisotopic (exact) mass is 261 g/mol. The molecule has 0 amide bonds. The van der Waals surface area contributed by atoms with Crippen molar-refractivity contribution in [1.82, 2.24) is 10.1 Å². The Labute approximate surface area is 112 Å². The van der Waals surface area contributed by atoms with Gasteiger partial charge in [0.1, 0.15) is 5.75 Å². The summed E-state index contributed by atoms with van der Waals surface area (Å²) in [7, 11) is 0. The third-order valence-corrected chi connectivity index (χ3v) is 2.75. The second kappa shape index (κ2) is 6.33. The summed E-state index contributed by atoms with van der Waals surface area (Å²) >= 11 is 0. The van der Waals surface area contributed by atoms with E-state index in [0.717, 1.165) is 24.2 Å². The van der Waals surface area contributed by atoms with Crippen LogP contribution in [0.25, 0.3) is 0 Å². The van der Waals surface area contributed by atoms with Crippen LogP contribution in [0.5, 0.6) is 5.75 Å². The van der Waals surface area contributed by atoms with Crippen LogP contribution >= 0.6 is 0 Å². The Morgan fingerprint density at radius 1 is 1.32 bits per heavy atom. The average molecular weight is 261 g/mol. The summed E-state index contributed by atoms with van der Waals surface area (Å²) in [5.41, 5.74) is 6.87. The quantitative estimate of drug-likeness (QED) is 0.865. The summed E-state index contributed by atoms with van der Waals surface area (Å²) in [4.78, 5) is 4.24.